The molecular weight excluding hydrogens is 214 g/mol. The predicted molar refractivity (Wildman–Crippen MR) is 57.1 cm³/mol. The third kappa shape index (κ3) is 3.45. The van der Waals surface area contributed by atoms with Gasteiger partial charge in [0.1, 0.15) is 6.04 Å². The van der Waals surface area contributed by atoms with Gasteiger partial charge in [0.15, 0.2) is 0 Å². The summed E-state index contributed by atoms with van der Waals surface area (Å²) in [7, 11) is -3.46. The van der Waals surface area contributed by atoms with Crippen LogP contribution in [0.5, 0.6) is 0 Å². The van der Waals surface area contributed by atoms with Crippen molar-refractivity contribution in [2.24, 2.45) is 5.92 Å². The molecule has 0 saturated carbocycles. The molecule has 1 rings (SSSR count). The van der Waals surface area contributed by atoms with Gasteiger partial charge in [-0.25, -0.2) is 0 Å². The first kappa shape index (κ1) is 12.4. The van der Waals surface area contributed by atoms with Gasteiger partial charge in [-0.15, -0.1) is 0 Å². The summed E-state index contributed by atoms with van der Waals surface area (Å²) in [6.07, 6.45) is 1.78. The molecule has 1 heterocycles. The van der Waals surface area contributed by atoms with Gasteiger partial charge in [0.2, 0.25) is 0 Å². The smallest absolute Gasteiger partial charge is 0.197 e. The van der Waals surface area contributed by atoms with Crippen molar-refractivity contribution in [3.8, 4) is 6.07 Å². The molecule has 0 aromatic carbocycles. The van der Waals surface area contributed by atoms with E-state index in [-0.39, 0.29) is 0 Å². The van der Waals surface area contributed by atoms with Crippen molar-refractivity contribution in [1.29, 1.82) is 5.26 Å². The van der Waals surface area contributed by atoms with E-state index < -0.39 is 16.3 Å². The summed E-state index contributed by atoms with van der Waals surface area (Å²) in [5.74, 6) is 0.588. The summed E-state index contributed by atoms with van der Waals surface area (Å²) in [4.78, 5) is 0. The van der Waals surface area contributed by atoms with Gasteiger partial charge in [0.05, 0.1) is 6.07 Å². The molecule has 5 nitrogen and oxygen atoms in total. The monoisotopic (exact) mass is 231 g/mol. The molecule has 0 aromatic heterocycles. The van der Waals surface area contributed by atoms with Crippen molar-refractivity contribution >= 4 is 10.2 Å². The molecule has 1 fully saturated rings. The van der Waals surface area contributed by atoms with Crippen LogP contribution < -0.4 is 4.72 Å². The van der Waals surface area contributed by atoms with E-state index in [9.17, 15) is 8.42 Å². The quantitative estimate of drug-likeness (QED) is 0.767. The van der Waals surface area contributed by atoms with Crippen LogP contribution >= 0.6 is 0 Å². The molecule has 1 saturated heterocycles. The van der Waals surface area contributed by atoms with Crippen molar-refractivity contribution < 1.29 is 8.42 Å². The zero-order valence-electron chi connectivity index (χ0n) is 9.10. The van der Waals surface area contributed by atoms with E-state index in [4.69, 9.17) is 5.26 Å². The topological polar surface area (TPSA) is 73.2 Å². The molecular formula is C9H17N3O2S. The molecule has 0 aromatic rings. The van der Waals surface area contributed by atoms with E-state index in [1.807, 2.05) is 6.07 Å². The Hall–Kier alpha value is -0.640. The maximum Gasteiger partial charge on any atom is 0.280 e. The summed E-state index contributed by atoms with van der Waals surface area (Å²) in [5, 5.41) is 8.54. The largest absolute Gasteiger partial charge is 0.280 e. The summed E-state index contributed by atoms with van der Waals surface area (Å²) < 4.78 is 27.2. The van der Waals surface area contributed by atoms with Crippen LogP contribution in [0.3, 0.4) is 0 Å². The Morgan fingerprint density at radius 2 is 2.00 bits per heavy atom. The molecule has 1 unspecified atom stereocenters. The lowest BCUT2D eigenvalue weighted by atomic mass is 10.0. The zero-order chi connectivity index (χ0) is 11.5. The van der Waals surface area contributed by atoms with E-state index in [1.54, 1.807) is 0 Å². The summed E-state index contributed by atoms with van der Waals surface area (Å²) >= 11 is 0. The van der Waals surface area contributed by atoms with Crippen LogP contribution in [0.15, 0.2) is 0 Å². The molecule has 0 spiro atoms. The average Bonchev–Trinajstić information content (AvgIpc) is 2.17. The second kappa shape index (κ2) is 4.92. The van der Waals surface area contributed by atoms with Crippen LogP contribution in [0, 0.1) is 17.2 Å². The summed E-state index contributed by atoms with van der Waals surface area (Å²) in [6.45, 7) is 4.75. The van der Waals surface area contributed by atoms with Gasteiger partial charge in [-0.05, 0) is 25.7 Å². The first-order chi connectivity index (χ1) is 6.95. The lowest BCUT2D eigenvalue weighted by Crippen LogP contribution is -2.47. The number of nitriles is 1. The fourth-order valence-corrected chi connectivity index (χ4v) is 2.89. The van der Waals surface area contributed by atoms with Crippen LogP contribution in [0.2, 0.25) is 0 Å². The molecule has 0 aliphatic carbocycles. The molecule has 1 aliphatic heterocycles. The van der Waals surface area contributed by atoms with Crippen LogP contribution in [-0.2, 0) is 10.2 Å². The van der Waals surface area contributed by atoms with Crippen LogP contribution in [0.1, 0.15) is 26.7 Å². The van der Waals surface area contributed by atoms with E-state index in [0.717, 1.165) is 12.8 Å². The molecule has 15 heavy (non-hydrogen) atoms. The number of hydrogen-bond acceptors (Lipinski definition) is 3. The van der Waals surface area contributed by atoms with Gasteiger partial charge in [-0.3, -0.25) is 0 Å². The Labute approximate surface area is 91.3 Å². The van der Waals surface area contributed by atoms with Gasteiger partial charge < -0.3 is 0 Å². The van der Waals surface area contributed by atoms with E-state index in [1.165, 1.54) is 11.2 Å². The normalized spacial score (nSPS) is 22.2. The average molecular weight is 231 g/mol. The van der Waals surface area contributed by atoms with Crippen LogP contribution in [-0.4, -0.2) is 31.9 Å². The molecule has 0 bridgehead atoms. The van der Waals surface area contributed by atoms with E-state index >= 15 is 0 Å². The molecule has 1 aliphatic rings. The number of rotatable bonds is 3. The number of piperidine rings is 1. The van der Waals surface area contributed by atoms with Crippen molar-refractivity contribution in [1.82, 2.24) is 9.03 Å². The minimum Gasteiger partial charge on any atom is -0.197 e. The second-order valence-electron chi connectivity index (χ2n) is 4.06. The van der Waals surface area contributed by atoms with Crippen molar-refractivity contribution in [2.45, 2.75) is 32.7 Å². The molecule has 6 heteroatoms. The highest BCUT2D eigenvalue weighted by molar-refractivity contribution is 7.87. The van der Waals surface area contributed by atoms with Crippen molar-refractivity contribution in [2.75, 3.05) is 13.1 Å². The van der Waals surface area contributed by atoms with Gasteiger partial charge in [-0.1, -0.05) is 6.92 Å². The molecule has 1 atom stereocenters. The minimum atomic E-state index is -3.46. The SMILES string of the molecule is CC1CCN(S(=O)(=O)NC(C)C#N)CC1. The lowest BCUT2D eigenvalue weighted by Gasteiger charge is -2.29. The first-order valence-corrected chi connectivity index (χ1v) is 6.56. The Bertz CT molecular complexity index is 339. The zero-order valence-corrected chi connectivity index (χ0v) is 9.92. The number of hydrogen-bond donors (Lipinski definition) is 1. The molecule has 0 amide bonds. The predicted octanol–water partition coefficient (Wildman–Crippen LogP) is 0.465. The standard InChI is InChI=1S/C9H17N3O2S/c1-8-3-5-12(6-4-8)15(13,14)11-9(2)7-10/h8-9,11H,3-6H2,1-2H3. The third-order valence-electron chi connectivity index (χ3n) is 2.60. The number of nitrogens with zero attached hydrogens (tertiary/aromatic N) is 2. The van der Waals surface area contributed by atoms with Crippen LogP contribution in [0.25, 0.3) is 0 Å². The highest BCUT2D eigenvalue weighted by Gasteiger charge is 2.27. The maximum absolute atomic E-state index is 11.7. The summed E-state index contributed by atoms with van der Waals surface area (Å²) in [5.41, 5.74) is 0. The Balaban J connectivity index is 2.59. The fourth-order valence-electron chi connectivity index (χ4n) is 1.55. The van der Waals surface area contributed by atoms with Gasteiger partial charge in [0.25, 0.3) is 10.2 Å². The minimum absolute atomic E-state index is 0.550. The number of nitrogens with one attached hydrogen (secondary N) is 1. The van der Waals surface area contributed by atoms with Crippen molar-refractivity contribution in [3.63, 3.8) is 0 Å². The van der Waals surface area contributed by atoms with Crippen LogP contribution in [0.4, 0.5) is 0 Å². The fraction of sp³-hybridized carbons (Fsp3) is 0.889. The van der Waals surface area contributed by atoms with E-state index in [2.05, 4.69) is 11.6 Å². The second-order valence-corrected chi connectivity index (χ2v) is 5.76. The highest BCUT2D eigenvalue weighted by atomic mass is 32.2. The Morgan fingerprint density at radius 3 is 2.47 bits per heavy atom. The first-order valence-electron chi connectivity index (χ1n) is 5.12. The molecule has 1 N–H and O–H groups in total. The highest BCUT2D eigenvalue weighted by Crippen LogP contribution is 2.17. The summed E-state index contributed by atoms with van der Waals surface area (Å²) in [6, 6.07) is 1.18. The lowest BCUT2D eigenvalue weighted by molar-refractivity contribution is 0.284. The van der Waals surface area contributed by atoms with Gasteiger partial charge in [-0.2, -0.15) is 22.7 Å². The Morgan fingerprint density at radius 1 is 1.47 bits per heavy atom. The van der Waals surface area contributed by atoms with Gasteiger partial charge in [0, 0.05) is 13.1 Å². The van der Waals surface area contributed by atoms with E-state index in [0.29, 0.717) is 19.0 Å². The Kier molecular flexibility index (Phi) is 4.08. The maximum atomic E-state index is 11.7. The molecule has 0 radical (unpaired) electrons. The van der Waals surface area contributed by atoms with Crippen molar-refractivity contribution in [3.05, 3.63) is 0 Å². The third-order valence-corrected chi connectivity index (χ3v) is 4.30. The molecule has 86 valence electrons. The van der Waals surface area contributed by atoms with Gasteiger partial charge >= 0.3 is 0 Å².